The van der Waals surface area contributed by atoms with E-state index < -0.39 is 11.9 Å². The number of fused-ring (bicyclic) bond motifs is 1. The van der Waals surface area contributed by atoms with E-state index in [-0.39, 0.29) is 11.9 Å². The number of nitrogens with one attached hydrogen (secondary N) is 2. The van der Waals surface area contributed by atoms with Gasteiger partial charge in [0.15, 0.2) is 0 Å². The van der Waals surface area contributed by atoms with Gasteiger partial charge in [0.2, 0.25) is 0 Å². The first-order valence-corrected chi connectivity index (χ1v) is 10.3. The van der Waals surface area contributed by atoms with Gasteiger partial charge in [-0.1, -0.05) is 18.2 Å². The Morgan fingerprint density at radius 1 is 1.06 bits per heavy atom. The summed E-state index contributed by atoms with van der Waals surface area (Å²) in [5.74, 6) is 0.199. The highest BCUT2D eigenvalue weighted by Gasteiger charge is 2.33. The minimum atomic E-state index is -4.50. The van der Waals surface area contributed by atoms with E-state index in [4.69, 9.17) is 0 Å². The Kier molecular flexibility index (Phi) is 6.06. The Balaban J connectivity index is 1.36. The number of alkyl halides is 3. The molecule has 0 saturated heterocycles. The summed E-state index contributed by atoms with van der Waals surface area (Å²) < 4.78 is 39.7. The molecule has 0 spiro atoms. The predicted octanol–water partition coefficient (Wildman–Crippen LogP) is 5.05. The molecular weight excluding hydrogens is 405 g/mol. The van der Waals surface area contributed by atoms with E-state index in [0.29, 0.717) is 34.6 Å². The van der Waals surface area contributed by atoms with Crippen LogP contribution in [0.25, 0.3) is 10.9 Å². The number of para-hydroxylation sites is 1. The van der Waals surface area contributed by atoms with Crippen LogP contribution in [-0.4, -0.2) is 28.5 Å². The summed E-state index contributed by atoms with van der Waals surface area (Å²) in [4.78, 5) is 20.0. The molecular formula is C23H23F3N4O. The summed E-state index contributed by atoms with van der Waals surface area (Å²) in [5, 5.41) is 6.93. The number of hydrogen-bond acceptors (Lipinski definition) is 4. The van der Waals surface area contributed by atoms with Gasteiger partial charge in [0.1, 0.15) is 5.69 Å². The average Bonchev–Trinajstić information content (AvgIpc) is 2.78. The number of benzene rings is 1. The SMILES string of the molecule is O=C(NC1CCC(CNc2cc(C(F)(F)F)nc3ccccc23)CC1)c1cccnc1. The maximum atomic E-state index is 13.2. The molecule has 1 fully saturated rings. The van der Waals surface area contributed by atoms with Crippen LogP contribution in [0, 0.1) is 5.92 Å². The number of halogens is 3. The van der Waals surface area contributed by atoms with Crippen LogP contribution in [-0.2, 0) is 6.18 Å². The van der Waals surface area contributed by atoms with Crippen molar-refractivity contribution in [2.24, 2.45) is 5.92 Å². The van der Waals surface area contributed by atoms with Crippen molar-refractivity contribution < 1.29 is 18.0 Å². The number of aromatic nitrogens is 2. The zero-order chi connectivity index (χ0) is 21.8. The normalized spacial score (nSPS) is 19.2. The molecule has 0 aliphatic heterocycles. The molecule has 4 rings (SSSR count). The molecule has 0 radical (unpaired) electrons. The minimum Gasteiger partial charge on any atom is -0.384 e. The Morgan fingerprint density at radius 3 is 2.55 bits per heavy atom. The molecule has 5 nitrogen and oxygen atoms in total. The third-order valence-corrected chi connectivity index (χ3v) is 5.69. The monoisotopic (exact) mass is 428 g/mol. The highest BCUT2D eigenvalue weighted by Crippen LogP contribution is 2.33. The zero-order valence-corrected chi connectivity index (χ0v) is 16.8. The second-order valence-electron chi connectivity index (χ2n) is 7.88. The summed E-state index contributed by atoms with van der Waals surface area (Å²) in [6, 6.07) is 11.5. The Labute approximate surface area is 178 Å². The molecule has 31 heavy (non-hydrogen) atoms. The largest absolute Gasteiger partial charge is 0.433 e. The molecule has 1 amide bonds. The van der Waals surface area contributed by atoms with Gasteiger partial charge in [0.05, 0.1) is 11.1 Å². The molecule has 1 aromatic carbocycles. The fraction of sp³-hybridized carbons (Fsp3) is 0.348. The van der Waals surface area contributed by atoms with Crippen molar-refractivity contribution in [3.63, 3.8) is 0 Å². The fourth-order valence-corrected chi connectivity index (χ4v) is 4.00. The first kappa shape index (κ1) is 21.1. The molecule has 2 N–H and O–H groups in total. The number of carbonyl (C=O) groups is 1. The maximum Gasteiger partial charge on any atom is 0.433 e. The Morgan fingerprint density at radius 2 is 1.84 bits per heavy atom. The van der Waals surface area contributed by atoms with Crippen molar-refractivity contribution in [2.75, 3.05) is 11.9 Å². The van der Waals surface area contributed by atoms with Gasteiger partial charge in [0.25, 0.3) is 5.91 Å². The smallest absolute Gasteiger partial charge is 0.384 e. The fourth-order valence-electron chi connectivity index (χ4n) is 4.00. The number of hydrogen-bond donors (Lipinski definition) is 2. The van der Waals surface area contributed by atoms with E-state index in [2.05, 4.69) is 20.6 Å². The van der Waals surface area contributed by atoms with E-state index in [9.17, 15) is 18.0 Å². The summed E-state index contributed by atoms with van der Waals surface area (Å²) in [6.45, 7) is 0.578. The number of rotatable bonds is 5. The molecule has 3 aromatic rings. The lowest BCUT2D eigenvalue weighted by Gasteiger charge is -2.29. The molecule has 2 aromatic heterocycles. The molecule has 2 heterocycles. The number of anilines is 1. The van der Waals surface area contributed by atoms with Crippen LogP contribution in [0.4, 0.5) is 18.9 Å². The van der Waals surface area contributed by atoms with Crippen LogP contribution in [0.1, 0.15) is 41.7 Å². The van der Waals surface area contributed by atoms with Crippen LogP contribution >= 0.6 is 0 Å². The maximum absolute atomic E-state index is 13.2. The summed E-state index contributed by atoms with van der Waals surface area (Å²) in [5.41, 5.74) is 0.415. The van der Waals surface area contributed by atoms with Gasteiger partial charge in [-0.05, 0) is 55.9 Å². The van der Waals surface area contributed by atoms with E-state index in [0.717, 1.165) is 31.7 Å². The summed E-state index contributed by atoms with van der Waals surface area (Å²) >= 11 is 0. The third-order valence-electron chi connectivity index (χ3n) is 5.69. The Hall–Kier alpha value is -3.16. The second-order valence-corrected chi connectivity index (χ2v) is 7.88. The molecule has 0 unspecified atom stereocenters. The number of pyridine rings is 2. The summed E-state index contributed by atoms with van der Waals surface area (Å²) in [6.07, 6.45) is 2.12. The average molecular weight is 428 g/mol. The zero-order valence-electron chi connectivity index (χ0n) is 16.8. The lowest BCUT2D eigenvalue weighted by atomic mass is 9.86. The predicted molar refractivity (Wildman–Crippen MR) is 113 cm³/mol. The van der Waals surface area contributed by atoms with Gasteiger partial charge in [-0.25, -0.2) is 4.98 Å². The highest BCUT2D eigenvalue weighted by molar-refractivity contribution is 5.94. The van der Waals surface area contributed by atoms with Gasteiger partial charge >= 0.3 is 6.18 Å². The quantitative estimate of drug-likeness (QED) is 0.597. The second kappa shape index (κ2) is 8.91. The molecule has 1 aliphatic rings. The first-order chi connectivity index (χ1) is 14.9. The van der Waals surface area contributed by atoms with Crippen molar-refractivity contribution >= 4 is 22.5 Å². The highest BCUT2D eigenvalue weighted by atomic mass is 19.4. The molecule has 1 aliphatic carbocycles. The van der Waals surface area contributed by atoms with E-state index in [1.165, 1.54) is 0 Å². The summed E-state index contributed by atoms with van der Waals surface area (Å²) in [7, 11) is 0. The standard InChI is InChI=1S/C23H23F3N4O/c24-23(25,26)21-12-20(18-5-1-2-6-19(18)30-21)28-13-15-7-9-17(10-8-15)29-22(31)16-4-3-11-27-14-16/h1-6,11-12,14-15,17H,7-10,13H2,(H,28,30)(H,29,31). The topological polar surface area (TPSA) is 66.9 Å². The van der Waals surface area contributed by atoms with Crippen molar-refractivity contribution in [3.8, 4) is 0 Å². The van der Waals surface area contributed by atoms with Gasteiger partial charge in [-0.3, -0.25) is 9.78 Å². The molecule has 8 heteroatoms. The van der Waals surface area contributed by atoms with Crippen LogP contribution in [0.3, 0.4) is 0 Å². The number of nitrogens with zero attached hydrogens (tertiary/aromatic N) is 2. The first-order valence-electron chi connectivity index (χ1n) is 10.3. The Bertz CT molecular complexity index is 1050. The lowest BCUT2D eigenvalue weighted by Crippen LogP contribution is -2.38. The molecule has 162 valence electrons. The van der Waals surface area contributed by atoms with Gasteiger partial charge in [-0.2, -0.15) is 13.2 Å². The van der Waals surface area contributed by atoms with Crippen LogP contribution in [0.5, 0.6) is 0 Å². The molecule has 0 atom stereocenters. The number of amides is 1. The van der Waals surface area contributed by atoms with Gasteiger partial charge in [-0.15, -0.1) is 0 Å². The van der Waals surface area contributed by atoms with Crippen molar-refractivity contribution in [2.45, 2.75) is 37.9 Å². The van der Waals surface area contributed by atoms with Gasteiger partial charge < -0.3 is 10.6 Å². The van der Waals surface area contributed by atoms with Crippen molar-refractivity contribution in [1.82, 2.24) is 15.3 Å². The van der Waals surface area contributed by atoms with Crippen LogP contribution < -0.4 is 10.6 Å². The van der Waals surface area contributed by atoms with Crippen molar-refractivity contribution in [3.05, 3.63) is 66.1 Å². The number of carbonyl (C=O) groups excluding carboxylic acids is 1. The molecule has 0 bridgehead atoms. The lowest BCUT2D eigenvalue weighted by molar-refractivity contribution is -0.140. The van der Waals surface area contributed by atoms with E-state index >= 15 is 0 Å². The van der Waals surface area contributed by atoms with E-state index in [1.54, 1.807) is 48.8 Å². The van der Waals surface area contributed by atoms with Crippen LogP contribution in [0.15, 0.2) is 54.9 Å². The van der Waals surface area contributed by atoms with E-state index in [1.807, 2.05) is 0 Å². The van der Waals surface area contributed by atoms with Crippen LogP contribution in [0.2, 0.25) is 0 Å². The van der Waals surface area contributed by atoms with Crippen molar-refractivity contribution in [1.29, 1.82) is 0 Å². The minimum absolute atomic E-state index is 0.0996. The van der Waals surface area contributed by atoms with Gasteiger partial charge in [0, 0.05) is 36.1 Å². The third kappa shape index (κ3) is 5.13. The molecule has 1 saturated carbocycles.